The Morgan fingerprint density at radius 3 is 2.85 bits per heavy atom. The molecule has 1 aliphatic rings. The van der Waals surface area contributed by atoms with Crippen LogP contribution in [-0.4, -0.2) is 24.8 Å². The topological polar surface area (TPSA) is 64.3 Å². The van der Waals surface area contributed by atoms with E-state index in [9.17, 15) is 4.79 Å². The molecule has 76 valence electrons. The standard InChI is InChI=1S/C9H18N2O2/c1-6(2)8-5-7(3-4-13-8)11-9(10)12/h6-8H,3-5H2,1-2H3,(H3,10,11,12). The minimum absolute atomic E-state index is 0.193. The fourth-order valence-electron chi connectivity index (χ4n) is 1.62. The van der Waals surface area contributed by atoms with Crippen molar-refractivity contribution in [2.24, 2.45) is 11.7 Å². The summed E-state index contributed by atoms with van der Waals surface area (Å²) in [6.45, 7) is 4.96. The van der Waals surface area contributed by atoms with E-state index in [-0.39, 0.29) is 12.1 Å². The van der Waals surface area contributed by atoms with E-state index in [4.69, 9.17) is 10.5 Å². The molecule has 0 bridgehead atoms. The molecule has 4 nitrogen and oxygen atoms in total. The molecular weight excluding hydrogens is 168 g/mol. The summed E-state index contributed by atoms with van der Waals surface area (Å²) in [5.74, 6) is 0.498. The number of primary amides is 1. The van der Waals surface area contributed by atoms with Crippen LogP contribution < -0.4 is 11.1 Å². The minimum atomic E-state index is -0.436. The van der Waals surface area contributed by atoms with E-state index in [1.54, 1.807) is 0 Å². The molecule has 2 unspecified atom stereocenters. The molecule has 0 aromatic rings. The maximum absolute atomic E-state index is 10.6. The fourth-order valence-corrected chi connectivity index (χ4v) is 1.62. The lowest BCUT2D eigenvalue weighted by Crippen LogP contribution is -2.45. The van der Waals surface area contributed by atoms with Crippen LogP contribution in [0.1, 0.15) is 26.7 Å². The van der Waals surface area contributed by atoms with Crippen LogP contribution in [-0.2, 0) is 4.74 Å². The normalized spacial score (nSPS) is 28.8. The highest BCUT2D eigenvalue weighted by Crippen LogP contribution is 2.19. The average Bonchev–Trinajstić information content (AvgIpc) is 2.03. The summed E-state index contributed by atoms with van der Waals surface area (Å²) in [6, 6.07) is -0.243. The molecule has 3 N–H and O–H groups in total. The Hall–Kier alpha value is -0.770. The first-order valence-corrected chi connectivity index (χ1v) is 4.77. The van der Waals surface area contributed by atoms with E-state index >= 15 is 0 Å². The van der Waals surface area contributed by atoms with Gasteiger partial charge in [0.2, 0.25) is 0 Å². The van der Waals surface area contributed by atoms with Crippen molar-refractivity contribution in [2.75, 3.05) is 6.61 Å². The summed E-state index contributed by atoms with van der Waals surface area (Å²) in [5.41, 5.74) is 5.05. The van der Waals surface area contributed by atoms with Gasteiger partial charge in [-0.05, 0) is 18.8 Å². The van der Waals surface area contributed by atoms with Gasteiger partial charge >= 0.3 is 6.03 Å². The summed E-state index contributed by atoms with van der Waals surface area (Å²) < 4.78 is 5.56. The van der Waals surface area contributed by atoms with Crippen LogP contribution in [0.4, 0.5) is 4.79 Å². The Morgan fingerprint density at radius 2 is 2.31 bits per heavy atom. The van der Waals surface area contributed by atoms with Crippen LogP contribution in [0.3, 0.4) is 0 Å². The van der Waals surface area contributed by atoms with Crippen molar-refractivity contribution in [1.29, 1.82) is 0 Å². The number of rotatable bonds is 2. The molecular formula is C9H18N2O2. The Bertz CT molecular complexity index is 182. The molecule has 0 saturated carbocycles. The number of carbonyl (C=O) groups excluding carboxylic acids is 1. The molecule has 13 heavy (non-hydrogen) atoms. The zero-order valence-corrected chi connectivity index (χ0v) is 8.25. The summed E-state index contributed by atoms with van der Waals surface area (Å²) in [5, 5.41) is 2.73. The summed E-state index contributed by atoms with van der Waals surface area (Å²) >= 11 is 0. The van der Waals surface area contributed by atoms with Gasteiger partial charge in [-0.3, -0.25) is 0 Å². The lowest BCUT2D eigenvalue weighted by atomic mass is 9.95. The Labute approximate surface area is 78.8 Å². The van der Waals surface area contributed by atoms with Gasteiger partial charge in [0.25, 0.3) is 0 Å². The second-order valence-electron chi connectivity index (χ2n) is 3.88. The highest BCUT2D eigenvalue weighted by Gasteiger charge is 2.25. The Kier molecular flexibility index (Phi) is 3.54. The molecule has 0 aromatic heterocycles. The highest BCUT2D eigenvalue weighted by atomic mass is 16.5. The van der Waals surface area contributed by atoms with Crippen LogP contribution in [0.15, 0.2) is 0 Å². The molecule has 1 rings (SSSR count). The molecule has 1 aliphatic heterocycles. The second-order valence-corrected chi connectivity index (χ2v) is 3.88. The number of ether oxygens (including phenoxy) is 1. The molecule has 0 spiro atoms. The first-order chi connectivity index (χ1) is 6.09. The smallest absolute Gasteiger partial charge is 0.312 e. The third-order valence-corrected chi connectivity index (χ3v) is 2.41. The number of carbonyl (C=O) groups is 1. The van der Waals surface area contributed by atoms with Gasteiger partial charge in [0.15, 0.2) is 0 Å². The molecule has 2 amide bonds. The van der Waals surface area contributed by atoms with Crippen LogP contribution in [0, 0.1) is 5.92 Å². The number of nitrogens with two attached hydrogens (primary N) is 1. The van der Waals surface area contributed by atoms with Crippen LogP contribution in [0.5, 0.6) is 0 Å². The Balaban J connectivity index is 2.37. The maximum atomic E-state index is 10.6. The van der Waals surface area contributed by atoms with Crippen LogP contribution >= 0.6 is 0 Å². The molecule has 2 atom stereocenters. The summed E-state index contributed by atoms with van der Waals surface area (Å²) in [6.07, 6.45) is 2.00. The van der Waals surface area contributed by atoms with E-state index in [0.29, 0.717) is 12.5 Å². The van der Waals surface area contributed by atoms with E-state index in [2.05, 4.69) is 19.2 Å². The summed E-state index contributed by atoms with van der Waals surface area (Å²) in [4.78, 5) is 10.6. The van der Waals surface area contributed by atoms with Gasteiger partial charge in [-0.2, -0.15) is 0 Å². The second kappa shape index (κ2) is 4.46. The third kappa shape index (κ3) is 3.22. The largest absolute Gasteiger partial charge is 0.378 e. The van der Waals surface area contributed by atoms with Gasteiger partial charge in [0.1, 0.15) is 0 Å². The first kappa shape index (κ1) is 10.3. The predicted octanol–water partition coefficient (Wildman–Crippen LogP) is 0.858. The quantitative estimate of drug-likeness (QED) is 0.671. The van der Waals surface area contributed by atoms with Crippen molar-refractivity contribution in [2.45, 2.75) is 38.8 Å². The zero-order valence-electron chi connectivity index (χ0n) is 8.25. The predicted molar refractivity (Wildman–Crippen MR) is 50.3 cm³/mol. The highest BCUT2D eigenvalue weighted by molar-refractivity contribution is 5.71. The van der Waals surface area contributed by atoms with Crippen LogP contribution in [0.25, 0.3) is 0 Å². The minimum Gasteiger partial charge on any atom is -0.378 e. The van der Waals surface area contributed by atoms with Gasteiger partial charge in [-0.1, -0.05) is 13.8 Å². The molecule has 0 radical (unpaired) electrons. The number of hydrogen-bond donors (Lipinski definition) is 2. The SMILES string of the molecule is CC(C)C1CC(NC(N)=O)CCO1. The molecule has 0 aromatic carbocycles. The van der Waals surface area contributed by atoms with E-state index < -0.39 is 6.03 Å². The van der Waals surface area contributed by atoms with Crippen molar-refractivity contribution in [3.63, 3.8) is 0 Å². The van der Waals surface area contributed by atoms with Crippen molar-refractivity contribution >= 4 is 6.03 Å². The third-order valence-electron chi connectivity index (χ3n) is 2.41. The van der Waals surface area contributed by atoms with Gasteiger partial charge < -0.3 is 15.8 Å². The lowest BCUT2D eigenvalue weighted by molar-refractivity contribution is -0.0223. The number of nitrogens with one attached hydrogen (secondary N) is 1. The zero-order chi connectivity index (χ0) is 9.84. The van der Waals surface area contributed by atoms with Gasteiger partial charge in [0.05, 0.1) is 6.10 Å². The van der Waals surface area contributed by atoms with Crippen LogP contribution in [0.2, 0.25) is 0 Å². The van der Waals surface area contributed by atoms with Gasteiger partial charge in [-0.15, -0.1) is 0 Å². The van der Waals surface area contributed by atoms with Crippen molar-refractivity contribution < 1.29 is 9.53 Å². The van der Waals surface area contributed by atoms with Gasteiger partial charge in [-0.25, -0.2) is 4.79 Å². The summed E-state index contributed by atoms with van der Waals surface area (Å²) in [7, 11) is 0. The van der Waals surface area contributed by atoms with Crippen molar-refractivity contribution in [1.82, 2.24) is 5.32 Å². The van der Waals surface area contributed by atoms with E-state index in [1.807, 2.05) is 0 Å². The average molecular weight is 186 g/mol. The molecule has 1 fully saturated rings. The lowest BCUT2D eigenvalue weighted by Gasteiger charge is -2.31. The van der Waals surface area contributed by atoms with Gasteiger partial charge in [0, 0.05) is 12.6 Å². The van der Waals surface area contributed by atoms with Crippen molar-refractivity contribution in [3.8, 4) is 0 Å². The monoisotopic (exact) mass is 186 g/mol. The number of amides is 2. The molecule has 1 heterocycles. The van der Waals surface area contributed by atoms with E-state index in [0.717, 1.165) is 12.8 Å². The fraction of sp³-hybridized carbons (Fsp3) is 0.889. The molecule has 0 aliphatic carbocycles. The molecule has 4 heteroatoms. The Morgan fingerprint density at radius 1 is 1.62 bits per heavy atom. The van der Waals surface area contributed by atoms with E-state index in [1.165, 1.54) is 0 Å². The maximum Gasteiger partial charge on any atom is 0.312 e. The first-order valence-electron chi connectivity index (χ1n) is 4.77. The molecule has 1 saturated heterocycles. The number of hydrogen-bond acceptors (Lipinski definition) is 2. The number of urea groups is 1. The van der Waals surface area contributed by atoms with Crippen molar-refractivity contribution in [3.05, 3.63) is 0 Å².